The standard InChI is InChI=1S/C15H20N2O3/c1-4-12-16-13-10(14(19)20)6-5-7-11(13)17(12)15(2,3)8-9-18/h5-7,18H,4,8-9H2,1-3H3,(H,19,20). The van der Waals surface area contributed by atoms with E-state index in [-0.39, 0.29) is 17.7 Å². The number of benzene rings is 1. The van der Waals surface area contributed by atoms with Crippen LogP contribution in [-0.2, 0) is 12.0 Å². The highest BCUT2D eigenvalue weighted by Gasteiger charge is 2.26. The molecule has 0 aliphatic rings. The summed E-state index contributed by atoms with van der Waals surface area (Å²) in [6.45, 7) is 6.12. The van der Waals surface area contributed by atoms with Crippen LogP contribution in [0.4, 0.5) is 0 Å². The van der Waals surface area contributed by atoms with Gasteiger partial charge in [-0.15, -0.1) is 0 Å². The van der Waals surface area contributed by atoms with Crippen LogP contribution < -0.4 is 0 Å². The van der Waals surface area contributed by atoms with Gasteiger partial charge in [0, 0.05) is 18.6 Å². The van der Waals surface area contributed by atoms with Gasteiger partial charge >= 0.3 is 5.97 Å². The zero-order valence-corrected chi connectivity index (χ0v) is 12.1. The predicted molar refractivity (Wildman–Crippen MR) is 77.1 cm³/mol. The van der Waals surface area contributed by atoms with Gasteiger partial charge in [-0.25, -0.2) is 9.78 Å². The fourth-order valence-corrected chi connectivity index (χ4v) is 2.62. The topological polar surface area (TPSA) is 75.3 Å². The molecule has 1 aromatic heterocycles. The van der Waals surface area contributed by atoms with E-state index in [2.05, 4.69) is 4.98 Å². The maximum atomic E-state index is 11.3. The minimum atomic E-state index is -0.970. The Bertz CT molecular complexity index is 644. The molecule has 0 radical (unpaired) electrons. The van der Waals surface area contributed by atoms with E-state index in [4.69, 9.17) is 0 Å². The van der Waals surface area contributed by atoms with Crippen LogP contribution in [-0.4, -0.2) is 32.3 Å². The van der Waals surface area contributed by atoms with Crippen molar-refractivity contribution >= 4 is 17.0 Å². The molecule has 0 aliphatic heterocycles. The van der Waals surface area contributed by atoms with Crippen molar-refractivity contribution in [1.82, 2.24) is 9.55 Å². The number of hydrogen-bond acceptors (Lipinski definition) is 3. The summed E-state index contributed by atoms with van der Waals surface area (Å²) in [6.07, 6.45) is 1.30. The number of aromatic nitrogens is 2. The molecule has 1 heterocycles. The first-order chi connectivity index (χ1) is 9.42. The lowest BCUT2D eigenvalue weighted by atomic mass is 10.00. The first-order valence-electron chi connectivity index (χ1n) is 6.77. The minimum Gasteiger partial charge on any atom is -0.478 e. The fraction of sp³-hybridized carbons (Fsp3) is 0.467. The summed E-state index contributed by atoms with van der Waals surface area (Å²) in [6, 6.07) is 5.19. The van der Waals surface area contributed by atoms with Gasteiger partial charge in [0.1, 0.15) is 11.3 Å². The maximum Gasteiger partial charge on any atom is 0.337 e. The minimum absolute atomic E-state index is 0.0778. The van der Waals surface area contributed by atoms with E-state index in [1.165, 1.54) is 0 Å². The zero-order chi connectivity index (χ0) is 14.9. The van der Waals surface area contributed by atoms with E-state index in [1.54, 1.807) is 12.1 Å². The molecule has 0 amide bonds. The third-order valence-electron chi connectivity index (χ3n) is 3.63. The average Bonchev–Trinajstić information content (AvgIpc) is 2.77. The van der Waals surface area contributed by atoms with Crippen molar-refractivity contribution in [3.63, 3.8) is 0 Å². The summed E-state index contributed by atoms with van der Waals surface area (Å²) in [4.78, 5) is 15.8. The summed E-state index contributed by atoms with van der Waals surface area (Å²) in [5, 5.41) is 18.5. The van der Waals surface area contributed by atoms with Gasteiger partial charge in [-0.3, -0.25) is 0 Å². The highest BCUT2D eigenvalue weighted by Crippen LogP contribution is 2.29. The second-order valence-electron chi connectivity index (χ2n) is 5.48. The Hall–Kier alpha value is -1.88. The van der Waals surface area contributed by atoms with Gasteiger partial charge in [-0.2, -0.15) is 0 Å². The van der Waals surface area contributed by atoms with Gasteiger partial charge in [-0.1, -0.05) is 13.0 Å². The Kier molecular flexibility index (Phi) is 3.81. The number of rotatable bonds is 5. The Morgan fingerprint density at radius 1 is 1.40 bits per heavy atom. The van der Waals surface area contributed by atoms with Gasteiger partial charge in [0.05, 0.1) is 11.1 Å². The highest BCUT2D eigenvalue weighted by molar-refractivity contribution is 6.01. The van der Waals surface area contributed by atoms with E-state index in [9.17, 15) is 15.0 Å². The molecule has 5 heteroatoms. The van der Waals surface area contributed by atoms with E-state index in [1.807, 2.05) is 31.4 Å². The number of aromatic carboxylic acids is 1. The lowest BCUT2D eigenvalue weighted by Gasteiger charge is -2.28. The van der Waals surface area contributed by atoms with Crippen molar-refractivity contribution in [2.75, 3.05) is 6.61 Å². The Morgan fingerprint density at radius 3 is 2.65 bits per heavy atom. The van der Waals surface area contributed by atoms with Crippen molar-refractivity contribution < 1.29 is 15.0 Å². The maximum absolute atomic E-state index is 11.3. The van der Waals surface area contributed by atoms with Gasteiger partial charge < -0.3 is 14.8 Å². The molecule has 0 aliphatic carbocycles. The predicted octanol–water partition coefficient (Wildman–Crippen LogP) is 2.41. The van der Waals surface area contributed by atoms with Crippen molar-refractivity contribution in [2.24, 2.45) is 0 Å². The van der Waals surface area contributed by atoms with Crippen molar-refractivity contribution in [1.29, 1.82) is 0 Å². The number of para-hydroxylation sites is 1. The molecule has 0 bridgehead atoms. The molecule has 0 spiro atoms. The van der Waals surface area contributed by atoms with Crippen LogP contribution >= 0.6 is 0 Å². The van der Waals surface area contributed by atoms with Gasteiger partial charge in [0.2, 0.25) is 0 Å². The number of hydrogen-bond donors (Lipinski definition) is 2. The van der Waals surface area contributed by atoms with Gasteiger partial charge in [-0.05, 0) is 32.4 Å². The van der Waals surface area contributed by atoms with Crippen LogP contribution in [0.3, 0.4) is 0 Å². The number of carboxylic acids is 1. The SMILES string of the molecule is CCc1nc2c(C(=O)O)cccc2n1C(C)(C)CCO. The van der Waals surface area contributed by atoms with Crippen molar-refractivity contribution in [2.45, 2.75) is 39.2 Å². The third kappa shape index (κ3) is 2.29. The zero-order valence-electron chi connectivity index (χ0n) is 12.1. The molecule has 20 heavy (non-hydrogen) atoms. The number of aliphatic hydroxyl groups excluding tert-OH is 1. The molecular weight excluding hydrogens is 256 g/mol. The molecule has 2 N–H and O–H groups in total. The van der Waals surface area contributed by atoms with E-state index >= 15 is 0 Å². The Morgan fingerprint density at radius 2 is 2.10 bits per heavy atom. The van der Waals surface area contributed by atoms with Gasteiger partial charge in [0.15, 0.2) is 0 Å². The molecular formula is C15H20N2O3. The summed E-state index contributed by atoms with van der Waals surface area (Å²) in [5.41, 5.74) is 1.23. The fourth-order valence-electron chi connectivity index (χ4n) is 2.62. The van der Waals surface area contributed by atoms with Crippen LogP contribution in [0.25, 0.3) is 11.0 Å². The largest absolute Gasteiger partial charge is 0.478 e. The molecule has 5 nitrogen and oxygen atoms in total. The molecule has 0 atom stereocenters. The molecule has 108 valence electrons. The number of carbonyl (C=O) groups is 1. The number of aliphatic hydroxyl groups is 1. The van der Waals surface area contributed by atoms with Crippen molar-refractivity contribution in [3.05, 3.63) is 29.6 Å². The van der Waals surface area contributed by atoms with E-state index < -0.39 is 5.97 Å². The molecule has 0 fully saturated rings. The number of carboxylic acid groups (broad SMARTS) is 1. The van der Waals surface area contributed by atoms with Crippen LogP contribution in [0, 0.1) is 0 Å². The first-order valence-corrected chi connectivity index (χ1v) is 6.77. The van der Waals surface area contributed by atoms with E-state index in [0.717, 1.165) is 11.3 Å². The smallest absolute Gasteiger partial charge is 0.337 e. The summed E-state index contributed by atoms with van der Waals surface area (Å²) in [7, 11) is 0. The number of aryl methyl sites for hydroxylation is 1. The quantitative estimate of drug-likeness (QED) is 0.879. The van der Waals surface area contributed by atoms with Crippen LogP contribution in [0.2, 0.25) is 0 Å². The molecule has 0 unspecified atom stereocenters. The molecule has 2 aromatic rings. The second kappa shape index (κ2) is 5.25. The van der Waals surface area contributed by atoms with Gasteiger partial charge in [0.25, 0.3) is 0 Å². The lowest BCUT2D eigenvalue weighted by molar-refractivity contribution is 0.0699. The first kappa shape index (κ1) is 14.5. The van der Waals surface area contributed by atoms with E-state index in [0.29, 0.717) is 18.4 Å². The normalized spacial score (nSPS) is 12.0. The summed E-state index contributed by atoms with van der Waals surface area (Å²) >= 11 is 0. The van der Waals surface area contributed by atoms with Crippen LogP contribution in [0.5, 0.6) is 0 Å². The lowest BCUT2D eigenvalue weighted by Crippen LogP contribution is -2.29. The second-order valence-corrected chi connectivity index (χ2v) is 5.48. The number of nitrogens with zero attached hydrogens (tertiary/aromatic N) is 2. The summed E-state index contributed by atoms with van der Waals surface area (Å²) in [5.74, 6) is -0.130. The number of imidazole rings is 1. The monoisotopic (exact) mass is 276 g/mol. The molecule has 2 rings (SSSR count). The molecule has 1 aromatic carbocycles. The average molecular weight is 276 g/mol. The van der Waals surface area contributed by atoms with Crippen molar-refractivity contribution in [3.8, 4) is 0 Å². The third-order valence-corrected chi connectivity index (χ3v) is 3.63. The Balaban J connectivity index is 2.77. The summed E-state index contributed by atoms with van der Waals surface area (Å²) < 4.78 is 2.05. The van der Waals surface area contributed by atoms with Crippen LogP contribution in [0.15, 0.2) is 18.2 Å². The molecule has 0 saturated heterocycles. The Labute approximate surface area is 117 Å². The number of fused-ring (bicyclic) bond motifs is 1. The highest BCUT2D eigenvalue weighted by atomic mass is 16.4. The molecule has 0 saturated carbocycles. The van der Waals surface area contributed by atoms with Crippen LogP contribution in [0.1, 0.15) is 43.4 Å².